The summed E-state index contributed by atoms with van der Waals surface area (Å²) in [6.45, 7) is 6.50. The molecule has 3 aliphatic rings. The number of rotatable bonds is 3. The van der Waals surface area contributed by atoms with Crippen LogP contribution in [0.1, 0.15) is 44.9 Å². The van der Waals surface area contributed by atoms with Crippen molar-refractivity contribution in [2.24, 2.45) is 5.92 Å². The quantitative estimate of drug-likeness (QED) is 0.794. The van der Waals surface area contributed by atoms with Gasteiger partial charge in [0.15, 0.2) is 0 Å². The molecule has 1 atom stereocenters. The first-order chi connectivity index (χ1) is 10.2. The van der Waals surface area contributed by atoms with E-state index < -0.39 is 0 Å². The molecule has 0 N–H and O–H groups in total. The lowest BCUT2D eigenvalue weighted by atomic mass is 10.0. The summed E-state index contributed by atoms with van der Waals surface area (Å²) in [6, 6.07) is 0.732. The van der Waals surface area contributed by atoms with E-state index in [9.17, 15) is 4.79 Å². The Kier molecular flexibility index (Phi) is 5.17. The SMILES string of the molecule is CN1CCCCC1CN1CCN(C(=O)C2CCCC2)CC1. The highest BCUT2D eigenvalue weighted by molar-refractivity contribution is 5.79. The lowest BCUT2D eigenvalue weighted by Crippen LogP contribution is -2.53. The Labute approximate surface area is 129 Å². The highest BCUT2D eigenvalue weighted by Crippen LogP contribution is 2.27. The lowest BCUT2D eigenvalue weighted by molar-refractivity contribution is -0.137. The maximum atomic E-state index is 12.4. The molecule has 4 nitrogen and oxygen atoms in total. The summed E-state index contributed by atoms with van der Waals surface area (Å²) < 4.78 is 0. The predicted octanol–water partition coefficient (Wildman–Crippen LogP) is 1.81. The minimum absolute atomic E-state index is 0.348. The molecule has 1 saturated carbocycles. The van der Waals surface area contributed by atoms with Crippen LogP contribution in [0.15, 0.2) is 0 Å². The molecule has 4 heteroatoms. The molecule has 0 bridgehead atoms. The zero-order chi connectivity index (χ0) is 14.7. The Morgan fingerprint density at radius 2 is 1.57 bits per heavy atom. The van der Waals surface area contributed by atoms with Crippen LogP contribution < -0.4 is 0 Å². The van der Waals surface area contributed by atoms with E-state index in [4.69, 9.17) is 0 Å². The van der Waals surface area contributed by atoms with Gasteiger partial charge in [-0.15, -0.1) is 0 Å². The zero-order valence-electron chi connectivity index (χ0n) is 13.6. The number of likely N-dealkylation sites (N-methyl/N-ethyl adjacent to an activating group) is 1. The predicted molar refractivity (Wildman–Crippen MR) is 85.2 cm³/mol. The Bertz CT molecular complexity index is 346. The van der Waals surface area contributed by atoms with Crippen molar-refractivity contribution in [2.45, 2.75) is 51.0 Å². The lowest BCUT2D eigenvalue weighted by Gasteiger charge is -2.40. The number of carbonyl (C=O) groups is 1. The molecule has 0 aromatic carbocycles. The Morgan fingerprint density at radius 3 is 2.24 bits per heavy atom. The van der Waals surface area contributed by atoms with Crippen LogP contribution in [0.2, 0.25) is 0 Å². The van der Waals surface area contributed by atoms with E-state index in [1.807, 2.05) is 0 Å². The van der Waals surface area contributed by atoms with E-state index in [2.05, 4.69) is 21.7 Å². The maximum absolute atomic E-state index is 12.4. The molecule has 0 aromatic rings. The van der Waals surface area contributed by atoms with Gasteiger partial charge in [-0.1, -0.05) is 19.3 Å². The number of piperidine rings is 1. The van der Waals surface area contributed by atoms with Crippen molar-refractivity contribution in [3.8, 4) is 0 Å². The topological polar surface area (TPSA) is 26.8 Å². The van der Waals surface area contributed by atoms with E-state index in [1.54, 1.807) is 0 Å². The molecule has 3 fully saturated rings. The fraction of sp³-hybridized carbons (Fsp3) is 0.941. The Balaban J connectivity index is 1.43. The molecule has 0 aromatic heterocycles. The van der Waals surface area contributed by atoms with Gasteiger partial charge in [-0.25, -0.2) is 0 Å². The second-order valence-electron chi connectivity index (χ2n) is 7.24. The van der Waals surface area contributed by atoms with E-state index in [0.29, 0.717) is 11.8 Å². The number of likely N-dealkylation sites (tertiary alicyclic amines) is 1. The third-order valence-electron chi connectivity index (χ3n) is 5.78. The maximum Gasteiger partial charge on any atom is 0.225 e. The number of hydrogen-bond donors (Lipinski definition) is 0. The van der Waals surface area contributed by atoms with Crippen molar-refractivity contribution < 1.29 is 4.79 Å². The van der Waals surface area contributed by atoms with Gasteiger partial charge in [0.1, 0.15) is 0 Å². The minimum Gasteiger partial charge on any atom is -0.340 e. The molecule has 0 spiro atoms. The van der Waals surface area contributed by atoms with Crippen LogP contribution in [0.4, 0.5) is 0 Å². The van der Waals surface area contributed by atoms with Gasteiger partial charge in [-0.2, -0.15) is 0 Å². The summed E-state index contributed by atoms with van der Waals surface area (Å²) in [5.41, 5.74) is 0. The van der Waals surface area contributed by atoms with Crippen LogP contribution in [-0.2, 0) is 4.79 Å². The second kappa shape index (κ2) is 7.10. The molecule has 1 aliphatic carbocycles. The highest BCUT2D eigenvalue weighted by atomic mass is 16.2. The summed E-state index contributed by atoms with van der Waals surface area (Å²) in [4.78, 5) is 19.7. The second-order valence-corrected chi connectivity index (χ2v) is 7.24. The van der Waals surface area contributed by atoms with Crippen LogP contribution in [0.25, 0.3) is 0 Å². The largest absolute Gasteiger partial charge is 0.340 e. The van der Waals surface area contributed by atoms with Gasteiger partial charge >= 0.3 is 0 Å². The smallest absolute Gasteiger partial charge is 0.225 e. The number of amides is 1. The van der Waals surface area contributed by atoms with Crippen LogP contribution in [0.5, 0.6) is 0 Å². The van der Waals surface area contributed by atoms with Crippen molar-refractivity contribution in [3.63, 3.8) is 0 Å². The fourth-order valence-corrected chi connectivity index (χ4v) is 4.25. The average Bonchev–Trinajstić information content (AvgIpc) is 3.04. The number of nitrogens with zero attached hydrogens (tertiary/aromatic N) is 3. The van der Waals surface area contributed by atoms with Gasteiger partial charge in [0.2, 0.25) is 5.91 Å². The molecule has 2 saturated heterocycles. The van der Waals surface area contributed by atoms with E-state index in [1.165, 1.54) is 45.2 Å². The number of carbonyl (C=O) groups excluding carboxylic acids is 1. The number of hydrogen-bond acceptors (Lipinski definition) is 3. The first kappa shape index (κ1) is 15.3. The van der Waals surface area contributed by atoms with Gasteiger partial charge in [-0.3, -0.25) is 9.69 Å². The molecule has 21 heavy (non-hydrogen) atoms. The van der Waals surface area contributed by atoms with Crippen LogP contribution >= 0.6 is 0 Å². The summed E-state index contributed by atoms with van der Waals surface area (Å²) in [5.74, 6) is 0.794. The molecule has 2 heterocycles. The van der Waals surface area contributed by atoms with Crippen LogP contribution in [0.3, 0.4) is 0 Å². The zero-order valence-corrected chi connectivity index (χ0v) is 13.6. The number of piperazine rings is 1. The molecular formula is C17H31N3O. The van der Waals surface area contributed by atoms with E-state index >= 15 is 0 Å². The van der Waals surface area contributed by atoms with Crippen molar-refractivity contribution >= 4 is 5.91 Å². The van der Waals surface area contributed by atoms with E-state index in [0.717, 1.165) is 45.1 Å². The third-order valence-corrected chi connectivity index (χ3v) is 5.78. The fourth-order valence-electron chi connectivity index (χ4n) is 4.25. The molecular weight excluding hydrogens is 262 g/mol. The first-order valence-corrected chi connectivity index (χ1v) is 8.95. The monoisotopic (exact) mass is 293 g/mol. The molecule has 0 radical (unpaired) electrons. The molecule has 120 valence electrons. The van der Waals surface area contributed by atoms with Crippen molar-refractivity contribution in [2.75, 3.05) is 46.3 Å². The summed E-state index contributed by atoms with van der Waals surface area (Å²) in [5, 5.41) is 0. The van der Waals surface area contributed by atoms with Crippen molar-refractivity contribution in [1.29, 1.82) is 0 Å². The minimum atomic E-state index is 0.348. The Hall–Kier alpha value is -0.610. The average molecular weight is 293 g/mol. The normalized spacial score (nSPS) is 30.0. The third kappa shape index (κ3) is 3.78. The van der Waals surface area contributed by atoms with Gasteiger partial charge < -0.3 is 9.80 Å². The summed E-state index contributed by atoms with van der Waals surface area (Å²) in [6.07, 6.45) is 8.86. The van der Waals surface area contributed by atoms with Crippen molar-refractivity contribution in [3.05, 3.63) is 0 Å². The van der Waals surface area contributed by atoms with Crippen LogP contribution in [0, 0.1) is 5.92 Å². The molecule has 2 aliphatic heterocycles. The summed E-state index contributed by atoms with van der Waals surface area (Å²) >= 11 is 0. The van der Waals surface area contributed by atoms with Gasteiger partial charge in [0, 0.05) is 44.7 Å². The van der Waals surface area contributed by atoms with E-state index in [-0.39, 0.29) is 0 Å². The van der Waals surface area contributed by atoms with Gasteiger partial charge in [0.05, 0.1) is 0 Å². The molecule has 3 rings (SSSR count). The standard InChI is InChI=1S/C17H31N3O/c1-18-9-5-4-8-16(18)14-19-10-12-20(13-11-19)17(21)15-6-2-3-7-15/h15-16H,2-14H2,1H3. The Morgan fingerprint density at radius 1 is 0.905 bits per heavy atom. The molecule has 1 unspecified atom stereocenters. The van der Waals surface area contributed by atoms with Gasteiger partial charge in [-0.05, 0) is 39.3 Å². The van der Waals surface area contributed by atoms with Crippen LogP contribution in [-0.4, -0.2) is 73.0 Å². The van der Waals surface area contributed by atoms with Gasteiger partial charge in [0.25, 0.3) is 0 Å². The first-order valence-electron chi connectivity index (χ1n) is 8.95. The van der Waals surface area contributed by atoms with Crippen molar-refractivity contribution in [1.82, 2.24) is 14.7 Å². The summed E-state index contributed by atoms with van der Waals surface area (Å²) in [7, 11) is 2.27. The highest BCUT2D eigenvalue weighted by Gasteiger charge is 2.30. The molecule has 1 amide bonds.